The van der Waals surface area contributed by atoms with Crippen molar-refractivity contribution in [3.8, 4) is 0 Å². The number of amides is 1. The minimum absolute atomic E-state index is 0.0145. The molecule has 3 heterocycles. The first-order valence-corrected chi connectivity index (χ1v) is 9.53. The van der Waals surface area contributed by atoms with Crippen LogP contribution in [0.4, 0.5) is 0 Å². The molecule has 2 atom stereocenters. The fourth-order valence-corrected chi connectivity index (χ4v) is 4.21. The van der Waals surface area contributed by atoms with Gasteiger partial charge in [-0.2, -0.15) is 0 Å². The first kappa shape index (κ1) is 18.4. The van der Waals surface area contributed by atoms with E-state index in [1.807, 2.05) is 24.4 Å². The molecule has 0 spiro atoms. The summed E-state index contributed by atoms with van der Waals surface area (Å²) >= 11 is 0. The number of likely N-dealkylation sites (tertiary alicyclic amines) is 1. The van der Waals surface area contributed by atoms with Crippen LogP contribution in [-0.2, 0) is 18.4 Å². The Morgan fingerprint density at radius 1 is 1.29 bits per heavy atom. The maximum Gasteiger partial charge on any atom is 0.250 e. The molecule has 3 aromatic rings. The van der Waals surface area contributed by atoms with E-state index in [1.54, 1.807) is 25.5 Å². The molecular weight excluding hydrogens is 352 g/mol. The van der Waals surface area contributed by atoms with Crippen LogP contribution >= 0.6 is 0 Å². The van der Waals surface area contributed by atoms with Gasteiger partial charge in [-0.25, -0.2) is 0 Å². The van der Waals surface area contributed by atoms with Crippen molar-refractivity contribution in [2.45, 2.75) is 18.9 Å². The van der Waals surface area contributed by atoms with Gasteiger partial charge in [0.2, 0.25) is 5.91 Å². The quantitative estimate of drug-likeness (QED) is 0.755. The van der Waals surface area contributed by atoms with Crippen LogP contribution in [0, 0.1) is 5.92 Å². The number of aryl methyl sites for hydroxylation is 1. The Bertz CT molecular complexity index is 1070. The third-order valence-corrected chi connectivity index (χ3v) is 5.78. The van der Waals surface area contributed by atoms with Gasteiger partial charge in [-0.15, -0.1) is 0 Å². The lowest BCUT2D eigenvalue weighted by molar-refractivity contribution is -0.124. The number of piperidine rings is 1. The molecule has 1 saturated heterocycles. The van der Waals surface area contributed by atoms with Crippen molar-refractivity contribution in [3.63, 3.8) is 0 Å². The zero-order valence-corrected chi connectivity index (χ0v) is 15.9. The van der Waals surface area contributed by atoms with Crippen LogP contribution in [0.5, 0.6) is 0 Å². The summed E-state index contributed by atoms with van der Waals surface area (Å²) in [4.78, 5) is 30.7. The van der Waals surface area contributed by atoms with Crippen LogP contribution in [-0.4, -0.2) is 33.4 Å². The second kappa shape index (κ2) is 7.56. The molecule has 1 aliphatic rings. The van der Waals surface area contributed by atoms with Gasteiger partial charge in [-0.05, 0) is 47.5 Å². The van der Waals surface area contributed by atoms with Crippen molar-refractivity contribution < 1.29 is 4.79 Å². The van der Waals surface area contributed by atoms with E-state index in [0.717, 1.165) is 30.5 Å². The van der Waals surface area contributed by atoms with E-state index in [0.29, 0.717) is 6.54 Å². The van der Waals surface area contributed by atoms with Gasteiger partial charge in [-0.3, -0.25) is 19.5 Å². The van der Waals surface area contributed by atoms with E-state index in [-0.39, 0.29) is 23.3 Å². The van der Waals surface area contributed by atoms with Crippen molar-refractivity contribution in [2.24, 2.45) is 18.7 Å². The van der Waals surface area contributed by atoms with Gasteiger partial charge in [-0.1, -0.05) is 18.2 Å². The molecule has 0 bridgehead atoms. The van der Waals surface area contributed by atoms with E-state index < -0.39 is 0 Å². The summed E-state index contributed by atoms with van der Waals surface area (Å²) in [7, 11) is 1.72. The van der Waals surface area contributed by atoms with Crippen molar-refractivity contribution in [3.05, 3.63) is 76.5 Å². The number of rotatable bonds is 4. The second-order valence-electron chi connectivity index (χ2n) is 7.56. The van der Waals surface area contributed by atoms with Gasteiger partial charge in [0.05, 0.1) is 5.92 Å². The van der Waals surface area contributed by atoms with Gasteiger partial charge < -0.3 is 10.3 Å². The standard InChI is InChI=1S/C22H24N4O2/c1-25-9-6-15(11-21(25)27)19-7-10-26(14-20(19)22(23)28)13-17-4-2-3-16-12-24-8-5-18(16)17/h2-6,8-9,11-12,19-20H,7,10,13-14H2,1H3,(H2,23,28). The van der Waals surface area contributed by atoms with Gasteiger partial charge in [0, 0.05) is 50.2 Å². The van der Waals surface area contributed by atoms with Crippen molar-refractivity contribution in [2.75, 3.05) is 13.1 Å². The van der Waals surface area contributed by atoms with Crippen LogP contribution in [0.25, 0.3) is 10.8 Å². The summed E-state index contributed by atoms with van der Waals surface area (Å²) in [5, 5.41) is 2.29. The average Bonchev–Trinajstić information content (AvgIpc) is 2.70. The highest BCUT2D eigenvalue weighted by Gasteiger charge is 2.34. The predicted octanol–water partition coefficient (Wildman–Crippen LogP) is 2.02. The Kier molecular flexibility index (Phi) is 4.96. The predicted molar refractivity (Wildman–Crippen MR) is 109 cm³/mol. The summed E-state index contributed by atoms with van der Waals surface area (Å²) in [5.41, 5.74) is 7.81. The lowest BCUT2D eigenvalue weighted by Crippen LogP contribution is -2.45. The normalized spacial score (nSPS) is 20.3. The number of hydrogen-bond donors (Lipinski definition) is 1. The fourth-order valence-electron chi connectivity index (χ4n) is 4.21. The molecule has 6 nitrogen and oxygen atoms in total. The van der Waals surface area contributed by atoms with E-state index in [4.69, 9.17) is 5.73 Å². The number of benzene rings is 1. The summed E-state index contributed by atoms with van der Waals surface area (Å²) in [6, 6.07) is 11.8. The van der Waals surface area contributed by atoms with Gasteiger partial charge in [0.15, 0.2) is 0 Å². The molecule has 2 unspecified atom stereocenters. The molecule has 4 rings (SSSR count). The molecule has 144 valence electrons. The summed E-state index contributed by atoms with van der Waals surface area (Å²) in [6.45, 7) is 2.20. The van der Waals surface area contributed by atoms with Crippen LogP contribution < -0.4 is 11.3 Å². The minimum Gasteiger partial charge on any atom is -0.369 e. The maximum absolute atomic E-state index is 12.2. The van der Waals surface area contributed by atoms with Gasteiger partial charge in [0.25, 0.3) is 5.56 Å². The second-order valence-corrected chi connectivity index (χ2v) is 7.56. The highest BCUT2D eigenvalue weighted by molar-refractivity contribution is 5.84. The Labute approximate surface area is 163 Å². The van der Waals surface area contributed by atoms with Gasteiger partial charge in [0.1, 0.15) is 0 Å². The van der Waals surface area contributed by atoms with Crippen molar-refractivity contribution in [1.82, 2.24) is 14.5 Å². The summed E-state index contributed by atoms with van der Waals surface area (Å²) in [6.07, 6.45) is 6.23. The SMILES string of the molecule is Cn1ccc(C2CCN(Cc3cccc4cnccc34)CC2C(N)=O)cc1=O. The Hall–Kier alpha value is -2.99. The van der Waals surface area contributed by atoms with Crippen LogP contribution in [0.3, 0.4) is 0 Å². The number of nitrogens with two attached hydrogens (primary N) is 1. The van der Waals surface area contributed by atoms with E-state index >= 15 is 0 Å². The number of hydrogen-bond acceptors (Lipinski definition) is 4. The summed E-state index contributed by atoms with van der Waals surface area (Å²) < 4.78 is 1.53. The lowest BCUT2D eigenvalue weighted by atomic mass is 9.80. The molecule has 0 aliphatic carbocycles. The number of fused-ring (bicyclic) bond motifs is 1. The Balaban J connectivity index is 1.57. The summed E-state index contributed by atoms with van der Waals surface area (Å²) in [5.74, 6) is -0.630. The molecule has 1 aliphatic heterocycles. The largest absolute Gasteiger partial charge is 0.369 e. The first-order valence-electron chi connectivity index (χ1n) is 9.53. The third kappa shape index (κ3) is 3.55. The highest BCUT2D eigenvalue weighted by Crippen LogP contribution is 2.33. The topological polar surface area (TPSA) is 81.2 Å². The molecule has 2 N–H and O–H groups in total. The molecule has 0 radical (unpaired) electrons. The van der Waals surface area contributed by atoms with Crippen LogP contribution in [0.15, 0.2) is 59.8 Å². The molecule has 1 amide bonds. The Morgan fingerprint density at radius 3 is 2.93 bits per heavy atom. The smallest absolute Gasteiger partial charge is 0.250 e. The zero-order chi connectivity index (χ0) is 19.7. The zero-order valence-electron chi connectivity index (χ0n) is 15.9. The van der Waals surface area contributed by atoms with Crippen LogP contribution in [0.2, 0.25) is 0 Å². The lowest BCUT2D eigenvalue weighted by Gasteiger charge is -2.37. The number of carbonyl (C=O) groups excluding carboxylic acids is 1. The average molecular weight is 376 g/mol. The highest BCUT2D eigenvalue weighted by atomic mass is 16.1. The molecule has 6 heteroatoms. The van der Waals surface area contributed by atoms with Crippen molar-refractivity contribution >= 4 is 16.7 Å². The number of carbonyl (C=O) groups is 1. The van der Waals surface area contributed by atoms with Crippen LogP contribution in [0.1, 0.15) is 23.5 Å². The third-order valence-electron chi connectivity index (χ3n) is 5.78. The number of aromatic nitrogens is 2. The molecule has 28 heavy (non-hydrogen) atoms. The van der Waals surface area contributed by atoms with E-state index in [9.17, 15) is 9.59 Å². The maximum atomic E-state index is 12.2. The first-order chi connectivity index (χ1) is 13.5. The molecule has 1 fully saturated rings. The molecule has 0 saturated carbocycles. The van der Waals surface area contributed by atoms with Crippen molar-refractivity contribution in [1.29, 1.82) is 0 Å². The molecule has 2 aromatic heterocycles. The van der Waals surface area contributed by atoms with Gasteiger partial charge >= 0.3 is 0 Å². The Morgan fingerprint density at radius 2 is 2.14 bits per heavy atom. The molecule has 1 aromatic carbocycles. The minimum atomic E-state index is -0.308. The number of primary amides is 1. The monoisotopic (exact) mass is 376 g/mol. The fraction of sp³-hybridized carbons (Fsp3) is 0.318. The number of pyridine rings is 2. The van der Waals surface area contributed by atoms with E-state index in [1.165, 1.54) is 15.5 Å². The molecular formula is C22H24N4O2. The van der Waals surface area contributed by atoms with E-state index in [2.05, 4.69) is 22.0 Å². The number of nitrogens with zero attached hydrogens (tertiary/aromatic N) is 3.